The van der Waals surface area contributed by atoms with Gasteiger partial charge in [-0.1, -0.05) is 0 Å². The van der Waals surface area contributed by atoms with E-state index in [1.165, 1.54) is 9.75 Å². The second kappa shape index (κ2) is 4.98. The van der Waals surface area contributed by atoms with Crippen LogP contribution in [0, 0.1) is 18.3 Å². The second-order valence-corrected chi connectivity index (χ2v) is 5.15. The van der Waals surface area contributed by atoms with E-state index in [9.17, 15) is 0 Å². The molecule has 0 spiro atoms. The van der Waals surface area contributed by atoms with Gasteiger partial charge in [-0.25, -0.2) is 4.98 Å². The molecule has 0 aliphatic carbocycles. The normalized spacial score (nSPS) is 11.8. The number of hydrogen-bond donors (Lipinski definition) is 1. The molecule has 2 heterocycles. The lowest BCUT2D eigenvalue weighted by atomic mass is 10.2. The number of hydrogen-bond acceptors (Lipinski definition) is 4. The van der Waals surface area contributed by atoms with E-state index in [0.29, 0.717) is 11.4 Å². The number of nitrogens with zero attached hydrogens (tertiary/aromatic N) is 2. The molecule has 0 bridgehead atoms. The fourth-order valence-corrected chi connectivity index (χ4v) is 2.45. The molecule has 3 nitrogen and oxygen atoms in total. The van der Waals surface area contributed by atoms with E-state index in [1.807, 2.05) is 0 Å². The standard InChI is InChI=1S/C13H13N3S/c1-9-5-6-12(17-9)10(2)16-13-11(8-14)4-3-7-15-13/h3-7,10H,1-2H3,(H,15,16). The van der Waals surface area contributed by atoms with Gasteiger partial charge in [0.15, 0.2) is 0 Å². The highest BCUT2D eigenvalue weighted by molar-refractivity contribution is 7.12. The summed E-state index contributed by atoms with van der Waals surface area (Å²) in [5, 5.41) is 12.2. The van der Waals surface area contributed by atoms with Crippen molar-refractivity contribution in [2.75, 3.05) is 5.32 Å². The number of anilines is 1. The lowest BCUT2D eigenvalue weighted by molar-refractivity contribution is 0.895. The maximum Gasteiger partial charge on any atom is 0.144 e. The number of nitrogens with one attached hydrogen (secondary N) is 1. The van der Waals surface area contributed by atoms with Crippen molar-refractivity contribution in [1.29, 1.82) is 5.26 Å². The second-order valence-electron chi connectivity index (χ2n) is 3.83. The van der Waals surface area contributed by atoms with Crippen molar-refractivity contribution in [2.24, 2.45) is 0 Å². The fourth-order valence-electron chi connectivity index (χ4n) is 1.57. The van der Waals surface area contributed by atoms with Gasteiger partial charge < -0.3 is 5.32 Å². The van der Waals surface area contributed by atoms with E-state index in [4.69, 9.17) is 5.26 Å². The lowest BCUT2D eigenvalue weighted by Gasteiger charge is -2.13. The molecule has 0 radical (unpaired) electrons. The van der Waals surface area contributed by atoms with Crippen LogP contribution < -0.4 is 5.32 Å². The molecule has 2 rings (SSSR count). The molecule has 1 unspecified atom stereocenters. The van der Waals surface area contributed by atoms with Gasteiger partial charge in [0, 0.05) is 16.0 Å². The van der Waals surface area contributed by atoms with Crippen LogP contribution in [-0.4, -0.2) is 4.98 Å². The topological polar surface area (TPSA) is 48.7 Å². The van der Waals surface area contributed by atoms with Gasteiger partial charge in [0.1, 0.15) is 11.9 Å². The SMILES string of the molecule is Cc1ccc(C(C)Nc2ncccc2C#N)s1. The first-order valence-electron chi connectivity index (χ1n) is 5.38. The first-order chi connectivity index (χ1) is 8.20. The largest absolute Gasteiger partial charge is 0.362 e. The molecule has 0 aromatic carbocycles. The molecule has 86 valence electrons. The Morgan fingerprint density at radius 2 is 2.24 bits per heavy atom. The number of aromatic nitrogens is 1. The molecule has 0 aliphatic heterocycles. The molecule has 1 N–H and O–H groups in total. The molecular formula is C13H13N3S. The summed E-state index contributed by atoms with van der Waals surface area (Å²) in [5.41, 5.74) is 0.577. The number of thiophene rings is 1. The maximum absolute atomic E-state index is 8.98. The fraction of sp³-hybridized carbons (Fsp3) is 0.231. The Morgan fingerprint density at radius 1 is 1.41 bits per heavy atom. The minimum absolute atomic E-state index is 0.163. The van der Waals surface area contributed by atoms with Gasteiger partial charge in [-0.3, -0.25) is 0 Å². The predicted octanol–water partition coefficient (Wildman–Crippen LogP) is 3.50. The van der Waals surface area contributed by atoms with Crippen molar-refractivity contribution in [3.8, 4) is 6.07 Å². The van der Waals surface area contributed by atoms with Crippen LogP contribution in [0.25, 0.3) is 0 Å². The van der Waals surface area contributed by atoms with E-state index in [1.54, 1.807) is 29.7 Å². The van der Waals surface area contributed by atoms with Crippen LogP contribution in [0.3, 0.4) is 0 Å². The first-order valence-corrected chi connectivity index (χ1v) is 6.20. The molecule has 4 heteroatoms. The van der Waals surface area contributed by atoms with E-state index >= 15 is 0 Å². The molecule has 2 aromatic rings. The highest BCUT2D eigenvalue weighted by Gasteiger charge is 2.10. The van der Waals surface area contributed by atoms with E-state index in [2.05, 4.69) is 42.4 Å². The minimum Gasteiger partial charge on any atom is -0.362 e. The minimum atomic E-state index is 0.163. The summed E-state index contributed by atoms with van der Waals surface area (Å²) >= 11 is 1.76. The van der Waals surface area contributed by atoms with E-state index < -0.39 is 0 Å². The molecule has 0 saturated carbocycles. The zero-order valence-corrected chi connectivity index (χ0v) is 10.6. The third kappa shape index (κ3) is 2.63. The number of aryl methyl sites for hydroxylation is 1. The summed E-state index contributed by atoms with van der Waals surface area (Å²) in [6.07, 6.45) is 1.69. The zero-order chi connectivity index (χ0) is 12.3. The maximum atomic E-state index is 8.98. The molecule has 2 aromatic heterocycles. The molecule has 17 heavy (non-hydrogen) atoms. The Kier molecular flexibility index (Phi) is 3.40. The van der Waals surface area contributed by atoms with Gasteiger partial charge in [0.25, 0.3) is 0 Å². The smallest absolute Gasteiger partial charge is 0.144 e. The summed E-state index contributed by atoms with van der Waals surface area (Å²) in [7, 11) is 0. The Labute approximate surface area is 105 Å². The Bertz CT molecular complexity index is 554. The average Bonchev–Trinajstić information content (AvgIpc) is 2.77. The van der Waals surface area contributed by atoms with Crippen molar-refractivity contribution in [3.63, 3.8) is 0 Å². The predicted molar refractivity (Wildman–Crippen MR) is 70.0 cm³/mol. The van der Waals surface area contributed by atoms with E-state index in [0.717, 1.165) is 0 Å². The van der Waals surface area contributed by atoms with Crippen molar-refractivity contribution < 1.29 is 0 Å². The third-order valence-corrected chi connectivity index (χ3v) is 3.65. The molecule has 0 fully saturated rings. The van der Waals surface area contributed by atoms with Crippen LogP contribution in [0.5, 0.6) is 0 Å². The van der Waals surface area contributed by atoms with Crippen LogP contribution in [-0.2, 0) is 0 Å². The molecule has 1 atom stereocenters. The van der Waals surface area contributed by atoms with Gasteiger partial charge in [0.05, 0.1) is 11.6 Å². The molecular weight excluding hydrogens is 230 g/mol. The van der Waals surface area contributed by atoms with Crippen molar-refractivity contribution in [1.82, 2.24) is 4.98 Å². The number of nitriles is 1. The zero-order valence-electron chi connectivity index (χ0n) is 9.77. The summed E-state index contributed by atoms with van der Waals surface area (Å²) < 4.78 is 0. The Hall–Kier alpha value is -1.86. The summed E-state index contributed by atoms with van der Waals surface area (Å²) in [5.74, 6) is 0.647. The lowest BCUT2D eigenvalue weighted by Crippen LogP contribution is -2.07. The first kappa shape index (κ1) is 11.6. The Morgan fingerprint density at radius 3 is 2.88 bits per heavy atom. The van der Waals surface area contributed by atoms with Gasteiger partial charge >= 0.3 is 0 Å². The monoisotopic (exact) mass is 243 g/mol. The van der Waals surface area contributed by atoms with Gasteiger partial charge in [0.2, 0.25) is 0 Å². The van der Waals surface area contributed by atoms with Crippen molar-refractivity contribution >= 4 is 17.2 Å². The molecule has 0 saturated heterocycles. The average molecular weight is 243 g/mol. The summed E-state index contributed by atoms with van der Waals surface area (Å²) in [4.78, 5) is 6.73. The van der Waals surface area contributed by atoms with Crippen LogP contribution in [0.4, 0.5) is 5.82 Å². The van der Waals surface area contributed by atoms with Crippen LogP contribution in [0.1, 0.15) is 28.3 Å². The van der Waals surface area contributed by atoms with Gasteiger partial charge in [-0.15, -0.1) is 11.3 Å². The van der Waals surface area contributed by atoms with E-state index in [-0.39, 0.29) is 6.04 Å². The highest BCUT2D eigenvalue weighted by atomic mass is 32.1. The Balaban J connectivity index is 2.19. The molecule has 0 amide bonds. The van der Waals surface area contributed by atoms with Crippen LogP contribution in [0.2, 0.25) is 0 Å². The van der Waals surface area contributed by atoms with Crippen LogP contribution in [0.15, 0.2) is 30.5 Å². The van der Waals surface area contributed by atoms with Gasteiger partial charge in [-0.2, -0.15) is 5.26 Å². The highest BCUT2D eigenvalue weighted by Crippen LogP contribution is 2.25. The summed E-state index contributed by atoms with van der Waals surface area (Å²) in [6, 6.07) is 10.0. The van der Waals surface area contributed by atoms with Crippen molar-refractivity contribution in [2.45, 2.75) is 19.9 Å². The number of pyridine rings is 1. The summed E-state index contributed by atoms with van der Waals surface area (Å²) in [6.45, 7) is 4.16. The van der Waals surface area contributed by atoms with Gasteiger partial charge in [-0.05, 0) is 38.1 Å². The number of rotatable bonds is 3. The quantitative estimate of drug-likeness (QED) is 0.897. The van der Waals surface area contributed by atoms with Crippen LogP contribution >= 0.6 is 11.3 Å². The molecule has 0 aliphatic rings. The van der Waals surface area contributed by atoms with Crippen molar-refractivity contribution in [3.05, 3.63) is 45.8 Å². The third-order valence-electron chi connectivity index (χ3n) is 2.47.